The molecule has 0 aromatic carbocycles. The van der Waals surface area contributed by atoms with Crippen molar-refractivity contribution >= 4 is 48.2 Å². The Labute approximate surface area is 195 Å². The van der Waals surface area contributed by atoms with Crippen molar-refractivity contribution in [2.75, 3.05) is 12.3 Å². The molecule has 0 heterocycles. The van der Waals surface area contributed by atoms with E-state index in [0.717, 1.165) is 0 Å². The molecule has 0 aliphatic rings. The molecule has 4 atom stereocenters. The number of aliphatic carboxylic acids is 2. The smallest absolute Gasteiger partial charge is 0.326 e. The highest BCUT2D eigenvalue weighted by atomic mass is 32.1. The maximum absolute atomic E-state index is 12.7. The van der Waals surface area contributed by atoms with Crippen LogP contribution >= 0.6 is 12.6 Å². The number of hydrogen-bond acceptors (Lipinski definition) is 9. The molecule has 4 unspecified atom stereocenters. The minimum absolute atomic E-state index is 0.0339. The van der Waals surface area contributed by atoms with Crippen LogP contribution in [0, 0.1) is 0 Å². The molecule has 0 saturated heterocycles. The van der Waals surface area contributed by atoms with Crippen LogP contribution in [0.25, 0.3) is 0 Å². The number of carbonyl (C=O) groups is 6. The number of hydrogen-bond donors (Lipinski definition) is 9. The van der Waals surface area contributed by atoms with Crippen LogP contribution in [-0.2, 0) is 28.8 Å². The lowest BCUT2D eigenvalue weighted by molar-refractivity contribution is -0.143. The van der Waals surface area contributed by atoms with E-state index >= 15 is 0 Å². The maximum Gasteiger partial charge on any atom is 0.326 e. The van der Waals surface area contributed by atoms with E-state index in [4.69, 9.17) is 22.3 Å². The SMILES string of the molecule is NCCCCC(NC(=O)C(CC(N)=O)NC(=O)C(N)CS)C(=O)NC(CCC(=O)O)C(=O)O. The molecule has 0 aromatic heterocycles. The highest BCUT2D eigenvalue weighted by Gasteiger charge is 2.31. The summed E-state index contributed by atoms with van der Waals surface area (Å²) in [5.41, 5.74) is 16.1. The summed E-state index contributed by atoms with van der Waals surface area (Å²) >= 11 is 3.88. The lowest BCUT2D eigenvalue weighted by Crippen LogP contribution is -2.57. The van der Waals surface area contributed by atoms with Crippen LogP contribution in [0.1, 0.15) is 38.5 Å². The van der Waals surface area contributed by atoms with Crippen molar-refractivity contribution in [2.45, 2.75) is 62.7 Å². The maximum atomic E-state index is 12.7. The summed E-state index contributed by atoms with van der Waals surface area (Å²) in [5, 5.41) is 24.8. The molecular formula is C18H32N6O8S. The Kier molecular flexibility index (Phi) is 14.4. The first-order valence-electron chi connectivity index (χ1n) is 10.1. The molecule has 0 rings (SSSR count). The van der Waals surface area contributed by atoms with Crippen molar-refractivity contribution in [3.63, 3.8) is 0 Å². The minimum atomic E-state index is -1.50. The fourth-order valence-electron chi connectivity index (χ4n) is 2.60. The van der Waals surface area contributed by atoms with Gasteiger partial charge in [-0.15, -0.1) is 0 Å². The second kappa shape index (κ2) is 15.8. The average Bonchev–Trinajstić information content (AvgIpc) is 2.73. The molecule has 0 fully saturated rings. The van der Waals surface area contributed by atoms with E-state index in [2.05, 4.69) is 28.6 Å². The van der Waals surface area contributed by atoms with Gasteiger partial charge in [0.1, 0.15) is 18.1 Å². The highest BCUT2D eigenvalue weighted by Crippen LogP contribution is 2.06. The predicted octanol–water partition coefficient (Wildman–Crippen LogP) is -3.35. The molecule has 4 amide bonds. The first kappa shape index (κ1) is 30.1. The molecule has 0 radical (unpaired) electrons. The Hall–Kier alpha value is -2.91. The molecule has 15 heteroatoms. The third kappa shape index (κ3) is 12.6. The lowest BCUT2D eigenvalue weighted by Gasteiger charge is -2.24. The van der Waals surface area contributed by atoms with Crippen LogP contribution < -0.4 is 33.2 Å². The molecule has 0 aromatic rings. The summed E-state index contributed by atoms with van der Waals surface area (Å²) in [7, 11) is 0. The van der Waals surface area contributed by atoms with Gasteiger partial charge in [-0.1, -0.05) is 0 Å². The molecule has 0 spiro atoms. The van der Waals surface area contributed by atoms with Crippen LogP contribution in [0.2, 0.25) is 0 Å². The highest BCUT2D eigenvalue weighted by molar-refractivity contribution is 7.80. The van der Waals surface area contributed by atoms with Gasteiger partial charge in [0.2, 0.25) is 23.6 Å². The zero-order valence-corrected chi connectivity index (χ0v) is 18.9. The number of nitrogens with two attached hydrogens (primary N) is 3. The van der Waals surface area contributed by atoms with Crippen molar-refractivity contribution in [2.24, 2.45) is 17.2 Å². The van der Waals surface area contributed by atoms with Gasteiger partial charge in [-0.2, -0.15) is 12.6 Å². The number of unbranched alkanes of at least 4 members (excludes halogenated alkanes) is 1. The fourth-order valence-corrected chi connectivity index (χ4v) is 2.77. The van der Waals surface area contributed by atoms with E-state index in [1.165, 1.54) is 0 Å². The number of carboxylic acids is 2. The molecule has 0 aliphatic heterocycles. The normalized spacial score (nSPS) is 14.3. The van der Waals surface area contributed by atoms with E-state index in [0.29, 0.717) is 19.4 Å². The van der Waals surface area contributed by atoms with E-state index in [1.54, 1.807) is 0 Å². The number of carbonyl (C=O) groups excluding carboxylic acids is 4. The Balaban J connectivity index is 5.49. The first-order valence-corrected chi connectivity index (χ1v) is 10.8. The van der Waals surface area contributed by atoms with Crippen LogP contribution in [0.3, 0.4) is 0 Å². The number of amides is 4. The van der Waals surface area contributed by atoms with Crippen LogP contribution in [0.4, 0.5) is 0 Å². The topological polar surface area (TPSA) is 257 Å². The average molecular weight is 493 g/mol. The van der Waals surface area contributed by atoms with E-state index in [-0.39, 0.29) is 18.6 Å². The standard InChI is InChI=1S/C18H32N6O8S/c19-6-2-1-3-10(16(29)23-11(18(31)32)4-5-14(26)27)22-17(30)12(7-13(21)25)24-15(28)9(20)8-33/h9-12,33H,1-8,19-20H2,(H2,21,25)(H,22,30)(H,23,29)(H,24,28)(H,26,27)(H,31,32). The quantitative estimate of drug-likeness (QED) is 0.0719. The summed E-state index contributed by atoms with van der Waals surface area (Å²) in [5.74, 6) is -6.20. The molecule has 0 bridgehead atoms. The van der Waals surface area contributed by atoms with Gasteiger partial charge in [0.05, 0.1) is 12.5 Å². The third-order valence-corrected chi connectivity index (χ3v) is 4.81. The molecule has 14 nitrogen and oxygen atoms in total. The minimum Gasteiger partial charge on any atom is -0.481 e. The molecular weight excluding hydrogens is 460 g/mol. The summed E-state index contributed by atoms with van der Waals surface area (Å²) in [6.45, 7) is 0.306. The van der Waals surface area contributed by atoms with Gasteiger partial charge in [0.25, 0.3) is 0 Å². The Morgan fingerprint density at radius 1 is 0.818 bits per heavy atom. The first-order chi connectivity index (χ1) is 15.4. The van der Waals surface area contributed by atoms with Crippen LogP contribution in [0.15, 0.2) is 0 Å². The monoisotopic (exact) mass is 492 g/mol. The van der Waals surface area contributed by atoms with Gasteiger partial charge in [-0.05, 0) is 32.2 Å². The van der Waals surface area contributed by atoms with E-state index in [9.17, 15) is 33.9 Å². The van der Waals surface area contributed by atoms with Crippen LogP contribution in [-0.4, -0.2) is 82.2 Å². The largest absolute Gasteiger partial charge is 0.481 e. The molecule has 0 aliphatic carbocycles. The van der Waals surface area contributed by atoms with Gasteiger partial charge >= 0.3 is 11.9 Å². The fraction of sp³-hybridized carbons (Fsp3) is 0.667. The second-order valence-corrected chi connectivity index (χ2v) is 7.56. The third-order valence-electron chi connectivity index (χ3n) is 4.41. The summed E-state index contributed by atoms with van der Waals surface area (Å²) < 4.78 is 0. The second-order valence-electron chi connectivity index (χ2n) is 7.20. The lowest BCUT2D eigenvalue weighted by atomic mass is 10.1. The van der Waals surface area contributed by atoms with Crippen molar-refractivity contribution in [1.29, 1.82) is 0 Å². The Bertz CT molecular complexity index is 722. The van der Waals surface area contributed by atoms with Crippen molar-refractivity contribution in [3.05, 3.63) is 0 Å². The van der Waals surface area contributed by atoms with Crippen molar-refractivity contribution in [3.8, 4) is 0 Å². The summed E-state index contributed by atoms with van der Waals surface area (Å²) in [4.78, 5) is 70.9. The number of rotatable bonds is 17. The van der Waals surface area contributed by atoms with E-state index in [1.807, 2.05) is 0 Å². The van der Waals surface area contributed by atoms with Crippen molar-refractivity contribution < 1.29 is 39.0 Å². The number of primary amides is 1. The van der Waals surface area contributed by atoms with E-state index < -0.39 is 72.6 Å². The summed E-state index contributed by atoms with van der Waals surface area (Å²) in [6, 6.07) is -5.25. The zero-order valence-electron chi connectivity index (χ0n) is 18.0. The van der Waals surface area contributed by atoms with Gasteiger partial charge in [-0.25, -0.2) is 4.79 Å². The van der Waals surface area contributed by atoms with Crippen molar-refractivity contribution in [1.82, 2.24) is 16.0 Å². The molecule has 188 valence electrons. The van der Waals surface area contributed by atoms with Gasteiger partial charge in [0, 0.05) is 12.2 Å². The molecule has 11 N–H and O–H groups in total. The zero-order chi connectivity index (χ0) is 25.6. The Morgan fingerprint density at radius 3 is 1.85 bits per heavy atom. The van der Waals surface area contributed by atoms with Gasteiger partial charge in [-0.3, -0.25) is 24.0 Å². The van der Waals surface area contributed by atoms with Gasteiger partial charge < -0.3 is 43.4 Å². The molecule has 0 saturated carbocycles. The summed E-state index contributed by atoms with van der Waals surface area (Å²) in [6.07, 6.45) is -0.502. The Morgan fingerprint density at radius 2 is 1.36 bits per heavy atom. The predicted molar refractivity (Wildman–Crippen MR) is 119 cm³/mol. The number of thiol groups is 1. The molecule has 33 heavy (non-hydrogen) atoms. The number of nitrogens with one attached hydrogen (secondary N) is 3. The van der Waals surface area contributed by atoms with Crippen LogP contribution in [0.5, 0.6) is 0 Å². The van der Waals surface area contributed by atoms with Gasteiger partial charge in [0.15, 0.2) is 0 Å². The number of carboxylic acid groups (broad SMARTS) is 2.